The summed E-state index contributed by atoms with van der Waals surface area (Å²) in [4.78, 5) is 13.7. The molecule has 0 saturated carbocycles. The number of thiophene rings is 1. The number of amides is 1. The highest BCUT2D eigenvalue weighted by Crippen LogP contribution is 2.30. The molecule has 2 aromatic rings. The van der Waals surface area contributed by atoms with Crippen molar-refractivity contribution < 1.29 is 9.53 Å². The van der Waals surface area contributed by atoms with Crippen LogP contribution in [0, 0.1) is 0 Å². The second kappa shape index (κ2) is 5.90. The topological polar surface area (TPSA) is 29.5 Å². The van der Waals surface area contributed by atoms with Crippen LogP contribution < -0.4 is 0 Å². The van der Waals surface area contributed by atoms with Crippen molar-refractivity contribution in [3.8, 4) is 0 Å². The Hall–Kier alpha value is -1.81. The van der Waals surface area contributed by atoms with Gasteiger partial charge in [-0.1, -0.05) is 30.9 Å². The molecule has 0 N–H and O–H groups in total. The third-order valence-corrected chi connectivity index (χ3v) is 4.13. The highest BCUT2D eigenvalue weighted by molar-refractivity contribution is 7.17. The zero-order valence-electron chi connectivity index (χ0n) is 13.0. The van der Waals surface area contributed by atoms with E-state index in [1.165, 1.54) is 10.1 Å². The van der Waals surface area contributed by atoms with E-state index in [0.29, 0.717) is 6.54 Å². The van der Waals surface area contributed by atoms with Crippen LogP contribution in [0.1, 0.15) is 31.9 Å². The summed E-state index contributed by atoms with van der Waals surface area (Å²) >= 11 is 1.68. The number of hydrogen-bond acceptors (Lipinski definition) is 3. The molecule has 3 nitrogen and oxygen atoms in total. The third-order valence-electron chi connectivity index (χ3n) is 3.04. The van der Waals surface area contributed by atoms with Gasteiger partial charge in [0.2, 0.25) is 0 Å². The van der Waals surface area contributed by atoms with E-state index >= 15 is 0 Å². The molecule has 0 atom stereocenters. The number of carbonyl (C=O) groups is 1. The highest BCUT2D eigenvalue weighted by Gasteiger charge is 2.20. The zero-order chi connectivity index (χ0) is 15.6. The van der Waals surface area contributed by atoms with Gasteiger partial charge in [0.1, 0.15) is 5.60 Å². The Morgan fingerprint density at radius 3 is 2.76 bits per heavy atom. The van der Waals surface area contributed by atoms with E-state index in [1.807, 2.05) is 39.0 Å². The standard InChI is InChI=1S/C17H21NO2S/c1-6-12-11-21-15-13(8-7-9-14(12)15)10-18(5)16(19)20-17(2,3)4/h6-9,11H,1,10H2,2-5H3. The van der Waals surface area contributed by atoms with Crippen molar-refractivity contribution in [2.45, 2.75) is 32.9 Å². The fraction of sp³-hybridized carbons (Fsp3) is 0.353. The second-order valence-corrected chi connectivity index (χ2v) is 6.91. The molecule has 21 heavy (non-hydrogen) atoms. The van der Waals surface area contributed by atoms with Crippen LogP contribution in [0.5, 0.6) is 0 Å². The van der Waals surface area contributed by atoms with Crippen molar-refractivity contribution in [1.29, 1.82) is 0 Å². The van der Waals surface area contributed by atoms with Gasteiger partial charge in [0.05, 0.1) is 6.54 Å². The average molecular weight is 303 g/mol. The van der Waals surface area contributed by atoms with Crippen LogP contribution in [0.4, 0.5) is 4.79 Å². The van der Waals surface area contributed by atoms with E-state index in [1.54, 1.807) is 23.3 Å². The lowest BCUT2D eigenvalue weighted by Gasteiger charge is -2.24. The maximum absolute atomic E-state index is 12.1. The van der Waals surface area contributed by atoms with Crippen molar-refractivity contribution in [2.24, 2.45) is 0 Å². The summed E-state index contributed by atoms with van der Waals surface area (Å²) in [6.45, 7) is 9.98. The number of nitrogens with zero attached hydrogens (tertiary/aromatic N) is 1. The summed E-state index contributed by atoms with van der Waals surface area (Å²) in [6.07, 6.45) is 1.56. The second-order valence-electron chi connectivity index (χ2n) is 6.03. The third kappa shape index (κ3) is 3.64. The van der Waals surface area contributed by atoms with Crippen molar-refractivity contribution in [2.75, 3.05) is 7.05 Å². The molecule has 112 valence electrons. The number of rotatable bonds is 3. The Kier molecular flexibility index (Phi) is 4.37. The van der Waals surface area contributed by atoms with Gasteiger partial charge in [0, 0.05) is 11.7 Å². The fourth-order valence-corrected chi connectivity index (χ4v) is 3.14. The molecule has 1 heterocycles. The minimum Gasteiger partial charge on any atom is -0.444 e. The van der Waals surface area contributed by atoms with E-state index in [0.717, 1.165) is 11.1 Å². The van der Waals surface area contributed by atoms with Crippen LogP contribution in [-0.2, 0) is 11.3 Å². The van der Waals surface area contributed by atoms with Gasteiger partial charge < -0.3 is 9.64 Å². The zero-order valence-corrected chi connectivity index (χ0v) is 13.8. The van der Waals surface area contributed by atoms with E-state index in [-0.39, 0.29) is 6.09 Å². The normalized spacial score (nSPS) is 11.4. The average Bonchev–Trinajstić information content (AvgIpc) is 2.80. The van der Waals surface area contributed by atoms with Crippen molar-refractivity contribution in [3.05, 3.63) is 41.3 Å². The molecule has 0 aliphatic carbocycles. The fourth-order valence-electron chi connectivity index (χ4n) is 2.08. The molecule has 0 unspecified atom stereocenters. The van der Waals surface area contributed by atoms with Crippen LogP contribution in [0.3, 0.4) is 0 Å². The van der Waals surface area contributed by atoms with Gasteiger partial charge >= 0.3 is 6.09 Å². The molecule has 0 radical (unpaired) electrons. The number of fused-ring (bicyclic) bond motifs is 1. The SMILES string of the molecule is C=Cc1csc2c(CN(C)C(=O)OC(C)(C)C)cccc12. The molecule has 4 heteroatoms. The molecule has 0 aliphatic heterocycles. The monoisotopic (exact) mass is 303 g/mol. The maximum Gasteiger partial charge on any atom is 0.410 e. The predicted molar refractivity (Wildman–Crippen MR) is 89.6 cm³/mol. The predicted octanol–water partition coefficient (Wildman–Crippen LogP) is 4.91. The summed E-state index contributed by atoms with van der Waals surface area (Å²) in [6, 6.07) is 6.15. The van der Waals surface area contributed by atoms with Crippen LogP contribution >= 0.6 is 11.3 Å². The van der Waals surface area contributed by atoms with Crippen molar-refractivity contribution >= 4 is 33.6 Å². The molecule has 2 rings (SSSR count). The van der Waals surface area contributed by atoms with Crippen LogP contribution in [-0.4, -0.2) is 23.6 Å². The Morgan fingerprint density at radius 1 is 1.43 bits per heavy atom. The number of hydrogen-bond donors (Lipinski definition) is 0. The molecular formula is C17H21NO2S. The first-order valence-electron chi connectivity index (χ1n) is 6.87. The molecule has 1 aromatic heterocycles. The van der Waals surface area contributed by atoms with Crippen LogP contribution in [0.25, 0.3) is 16.2 Å². The van der Waals surface area contributed by atoms with E-state index < -0.39 is 5.60 Å². The summed E-state index contributed by atoms with van der Waals surface area (Å²) in [7, 11) is 1.76. The largest absolute Gasteiger partial charge is 0.444 e. The van der Waals surface area contributed by atoms with Gasteiger partial charge in [0.25, 0.3) is 0 Å². The number of ether oxygens (including phenoxy) is 1. The quantitative estimate of drug-likeness (QED) is 0.806. The van der Waals surface area contributed by atoms with Gasteiger partial charge in [-0.15, -0.1) is 11.3 Å². The Morgan fingerprint density at radius 2 is 2.14 bits per heavy atom. The molecular weight excluding hydrogens is 282 g/mol. The Labute approximate surface area is 129 Å². The summed E-state index contributed by atoms with van der Waals surface area (Å²) in [5.41, 5.74) is 1.78. The number of benzene rings is 1. The summed E-state index contributed by atoms with van der Waals surface area (Å²) in [5, 5.41) is 3.28. The van der Waals surface area contributed by atoms with Crippen LogP contribution in [0.15, 0.2) is 30.2 Å². The van der Waals surface area contributed by atoms with Gasteiger partial charge in [-0.3, -0.25) is 0 Å². The van der Waals surface area contributed by atoms with E-state index in [2.05, 4.69) is 18.0 Å². The first-order chi connectivity index (χ1) is 9.81. The van der Waals surface area contributed by atoms with Crippen LogP contribution in [0.2, 0.25) is 0 Å². The van der Waals surface area contributed by atoms with Gasteiger partial charge in [-0.05, 0) is 42.7 Å². The summed E-state index contributed by atoms with van der Waals surface area (Å²) in [5.74, 6) is 0. The van der Waals surface area contributed by atoms with Gasteiger partial charge in [-0.2, -0.15) is 0 Å². The molecule has 1 amide bonds. The van der Waals surface area contributed by atoms with Crippen molar-refractivity contribution in [3.63, 3.8) is 0 Å². The lowest BCUT2D eigenvalue weighted by Crippen LogP contribution is -2.33. The van der Waals surface area contributed by atoms with Gasteiger partial charge in [-0.25, -0.2) is 4.79 Å². The molecule has 0 spiro atoms. The smallest absolute Gasteiger partial charge is 0.410 e. The summed E-state index contributed by atoms with van der Waals surface area (Å²) < 4.78 is 6.58. The number of carbonyl (C=O) groups excluding carboxylic acids is 1. The first-order valence-corrected chi connectivity index (χ1v) is 7.75. The molecule has 0 fully saturated rings. The first kappa shape index (κ1) is 15.6. The lowest BCUT2D eigenvalue weighted by atomic mass is 10.1. The van der Waals surface area contributed by atoms with Crippen molar-refractivity contribution in [1.82, 2.24) is 4.90 Å². The Bertz CT molecular complexity index is 667. The van der Waals surface area contributed by atoms with E-state index in [4.69, 9.17) is 4.74 Å². The molecule has 1 aromatic carbocycles. The lowest BCUT2D eigenvalue weighted by molar-refractivity contribution is 0.0286. The Balaban J connectivity index is 2.22. The van der Waals surface area contributed by atoms with E-state index in [9.17, 15) is 4.79 Å². The minimum absolute atomic E-state index is 0.306. The van der Waals surface area contributed by atoms with Gasteiger partial charge in [0.15, 0.2) is 0 Å². The maximum atomic E-state index is 12.1. The minimum atomic E-state index is -0.476. The highest BCUT2D eigenvalue weighted by atomic mass is 32.1. The molecule has 0 bridgehead atoms. The molecule has 0 saturated heterocycles. The molecule has 0 aliphatic rings.